The summed E-state index contributed by atoms with van der Waals surface area (Å²) in [6.45, 7) is 2.23. The van der Waals surface area contributed by atoms with Crippen LogP contribution in [0.5, 0.6) is 0 Å². The molecule has 0 amide bonds. The first-order chi connectivity index (χ1) is 6.84. The van der Waals surface area contributed by atoms with Gasteiger partial charge in [-0.15, -0.1) is 11.3 Å². The van der Waals surface area contributed by atoms with E-state index >= 15 is 0 Å². The molecule has 3 rings (SSSR count). The minimum absolute atomic E-state index is 0.436. The third-order valence-electron chi connectivity index (χ3n) is 3.70. The molecule has 1 aromatic heterocycles. The van der Waals surface area contributed by atoms with E-state index in [2.05, 4.69) is 22.6 Å². The van der Waals surface area contributed by atoms with Crippen LogP contribution in [0, 0.1) is 11.8 Å². The molecular formula is C11H16N2S. The Morgan fingerprint density at radius 2 is 2.50 bits per heavy atom. The van der Waals surface area contributed by atoms with E-state index in [9.17, 15) is 0 Å². The third-order valence-corrected chi connectivity index (χ3v) is 4.31. The van der Waals surface area contributed by atoms with Crippen LogP contribution >= 0.6 is 11.3 Å². The lowest BCUT2D eigenvalue weighted by Crippen LogP contribution is -2.31. The number of nitrogens with zero attached hydrogens (tertiary/aromatic N) is 1. The monoisotopic (exact) mass is 208 g/mol. The molecule has 2 saturated carbocycles. The Morgan fingerprint density at radius 3 is 3.07 bits per heavy atom. The van der Waals surface area contributed by atoms with Gasteiger partial charge < -0.3 is 5.32 Å². The van der Waals surface area contributed by atoms with Crippen molar-refractivity contribution < 1.29 is 0 Å². The minimum Gasteiger partial charge on any atom is -0.306 e. The Morgan fingerprint density at radius 1 is 1.57 bits per heavy atom. The molecule has 2 fully saturated rings. The summed E-state index contributed by atoms with van der Waals surface area (Å²) < 4.78 is 0. The molecule has 14 heavy (non-hydrogen) atoms. The van der Waals surface area contributed by atoms with Crippen LogP contribution in [0.15, 0.2) is 10.9 Å². The fourth-order valence-corrected chi connectivity index (χ4v) is 3.40. The lowest BCUT2D eigenvalue weighted by atomic mass is 10.1. The molecule has 1 heterocycles. The van der Waals surface area contributed by atoms with Crippen LogP contribution in [0.1, 0.15) is 37.9 Å². The molecule has 1 N–H and O–H groups in total. The number of aromatic nitrogens is 1. The Labute approximate surface area is 88.7 Å². The van der Waals surface area contributed by atoms with Crippen molar-refractivity contribution >= 4 is 11.3 Å². The molecule has 2 aliphatic carbocycles. The van der Waals surface area contributed by atoms with E-state index in [0.717, 1.165) is 17.9 Å². The lowest BCUT2D eigenvalue weighted by molar-refractivity contribution is 0.420. The largest absolute Gasteiger partial charge is 0.306 e. The summed E-state index contributed by atoms with van der Waals surface area (Å²) in [6, 6.07) is 1.21. The van der Waals surface area contributed by atoms with Gasteiger partial charge >= 0.3 is 0 Å². The second-order valence-corrected chi connectivity index (χ2v) is 5.36. The van der Waals surface area contributed by atoms with Crippen molar-refractivity contribution in [3.8, 4) is 0 Å². The molecule has 76 valence electrons. The SMILES string of the molecule is CC(NC1CCC2CC21)c1cscn1. The second kappa shape index (κ2) is 3.31. The number of fused-ring (bicyclic) bond motifs is 1. The van der Waals surface area contributed by atoms with Crippen LogP contribution in [0.25, 0.3) is 0 Å². The highest BCUT2D eigenvalue weighted by Crippen LogP contribution is 2.52. The van der Waals surface area contributed by atoms with Crippen LogP contribution in [0.3, 0.4) is 0 Å². The van der Waals surface area contributed by atoms with Gasteiger partial charge in [-0.25, -0.2) is 4.98 Å². The predicted octanol–water partition coefficient (Wildman–Crippen LogP) is 2.59. The van der Waals surface area contributed by atoms with Crippen LogP contribution in [-0.4, -0.2) is 11.0 Å². The predicted molar refractivity (Wildman–Crippen MR) is 58.3 cm³/mol. The van der Waals surface area contributed by atoms with Gasteiger partial charge in [-0.3, -0.25) is 0 Å². The van der Waals surface area contributed by atoms with Gasteiger partial charge in [0, 0.05) is 17.5 Å². The zero-order valence-electron chi connectivity index (χ0n) is 8.44. The molecule has 2 nitrogen and oxygen atoms in total. The normalized spacial score (nSPS) is 36.8. The first-order valence-corrected chi connectivity index (χ1v) is 6.43. The Hall–Kier alpha value is -0.410. The van der Waals surface area contributed by atoms with E-state index in [1.54, 1.807) is 11.3 Å². The van der Waals surface area contributed by atoms with E-state index in [1.807, 2.05) is 5.51 Å². The quantitative estimate of drug-likeness (QED) is 0.826. The molecule has 1 aromatic rings. The Bertz CT molecular complexity index is 309. The van der Waals surface area contributed by atoms with Gasteiger partial charge in [0.05, 0.1) is 11.2 Å². The fourth-order valence-electron chi connectivity index (χ4n) is 2.75. The number of thiazole rings is 1. The average Bonchev–Trinajstić information content (AvgIpc) is 2.66. The summed E-state index contributed by atoms with van der Waals surface area (Å²) in [4.78, 5) is 4.35. The van der Waals surface area contributed by atoms with Crippen molar-refractivity contribution in [2.45, 2.75) is 38.3 Å². The molecule has 4 atom stereocenters. The van der Waals surface area contributed by atoms with Crippen molar-refractivity contribution in [2.75, 3.05) is 0 Å². The topological polar surface area (TPSA) is 24.9 Å². The molecule has 0 aromatic carbocycles. The standard InChI is InChI=1S/C11H16N2S/c1-7(11-5-14-6-12-11)13-10-3-2-8-4-9(8)10/h5-10,13H,2-4H2,1H3. The summed E-state index contributed by atoms with van der Waals surface area (Å²) >= 11 is 1.69. The van der Waals surface area contributed by atoms with E-state index in [4.69, 9.17) is 0 Å². The summed E-state index contributed by atoms with van der Waals surface area (Å²) in [7, 11) is 0. The zero-order valence-corrected chi connectivity index (χ0v) is 9.26. The highest BCUT2D eigenvalue weighted by atomic mass is 32.1. The molecule has 0 saturated heterocycles. The van der Waals surface area contributed by atoms with E-state index in [-0.39, 0.29) is 0 Å². The van der Waals surface area contributed by atoms with Gasteiger partial charge in [0.2, 0.25) is 0 Å². The van der Waals surface area contributed by atoms with E-state index in [0.29, 0.717) is 6.04 Å². The van der Waals surface area contributed by atoms with Crippen LogP contribution in [0.2, 0.25) is 0 Å². The summed E-state index contributed by atoms with van der Waals surface area (Å²) in [6.07, 6.45) is 4.30. The molecule has 3 heteroatoms. The fraction of sp³-hybridized carbons (Fsp3) is 0.727. The van der Waals surface area contributed by atoms with Crippen molar-refractivity contribution in [1.29, 1.82) is 0 Å². The van der Waals surface area contributed by atoms with Gasteiger partial charge in [0.15, 0.2) is 0 Å². The molecule has 0 spiro atoms. The second-order valence-electron chi connectivity index (χ2n) is 4.65. The zero-order chi connectivity index (χ0) is 9.54. The highest BCUT2D eigenvalue weighted by Gasteiger charge is 2.48. The highest BCUT2D eigenvalue weighted by molar-refractivity contribution is 7.07. The van der Waals surface area contributed by atoms with Gasteiger partial charge in [0.25, 0.3) is 0 Å². The van der Waals surface area contributed by atoms with Crippen LogP contribution < -0.4 is 5.32 Å². The van der Waals surface area contributed by atoms with Crippen molar-refractivity contribution in [3.05, 3.63) is 16.6 Å². The maximum absolute atomic E-state index is 4.35. The number of rotatable bonds is 3. The van der Waals surface area contributed by atoms with Gasteiger partial charge in [-0.1, -0.05) is 0 Å². The summed E-state index contributed by atoms with van der Waals surface area (Å²) in [5.74, 6) is 2.06. The smallest absolute Gasteiger partial charge is 0.0795 e. The Balaban J connectivity index is 1.61. The molecule has 2 aliphatic rings. The number of hydrogen-bond donors (Lipinski definition) is 1. The molecular weight excluding hydrogens is 192 g/mol. The molecule has 4 unspecified atom stereocenters. The van der Waals surface area contributed by atoms with E-state index < -0.39 is 0 Å². The maximum atomic E-state index is 4.35. The van der Waals surface area contributed by atoms with Crippen molar-refractivity contribution in [2.24, 2.45) is 11.8 Å². The van der Waals surface area contributed by atoms with Crippen LogP contribution in [-0.2, 0) is 0 Å². The number of nitrogens with one attached hydrogen (secondary N) is 1. The summed E-state index contributed by atoms with van der Waals surface area (Å²) in [5, 5.41) is 5.87. The van der Waals surface area contributed by atoms with Crippen LogP contribution in [0.4, 0.5) is 0 Å². The first kappa shape index (κ1) is 8.86. The van der Waals surface area contributed by atoms with Crippen molar-refractivity contribution in [3.63, 3.8) is 0 Å². The Kier molecular flexibility index (Phi) is 2.10. The van der Waals surface area contributed by atoms with Crippen molar-refractivity contribution in [1.82, 2.24) is 10.3 Å². The first-order valence-electron chi connectivity index (χ1n) is 5.48. The average molecular weight is 208 g/mol. The third kappa shape index (κ3) is 1.48. The molecule has 0 bridgehead atoms. The molecule has 0 radical (unpaired) electrons. The number of hydrogen-bond acceptors (Lipinski definition) is 3. The van der Waals surface area contributed by atoms with E-state index in [1.165, 1.54) is 25.0 Å². The lowest BCUT2D eigenvalue weighted by Gasteiger charge is -2.19. The summed E-state index contributed by atoms with van der Waals surface area (Å²) in [5.41, 5.74) is 3.13. The van der Waals surface area contributed by atoms with Gasteiger partial charge in [0.1, 0.15) is 0 Å². The maximum Gasteiger partial charge on any atom is 0.0795 e. The van der Waals surface area contributed by atoms with Gasteiger partial charge in [-0.2, -0.15) is 0 Å². The van der Waals surface area contributed by atoms with Gasteiger partial charge in [-0.05, 0) is 38.0 Å². The molecule has 0 aliphatic heterocycles. The minimum atomic E-state index is 0.436.